The van der Waals surface area contributed by atoms with Gasteiger partial charge in [-0.25, -0.2) is 4.79 Å². The Morgan fingerprint density at radius 3 is 2.29 bits per heavy atom. The number of amides is 1. The van der Waals surface area contributed by atoms with Crippen LogP contribution in [0.15, 0.2) is 0 Å². The summed E-state index contributed by atoms with van der Waals surface area (Å²) in [6, 6.07) is 0.267. The van der Waals surface area contributed by atoms with E-state index in [2.05, 4.69) is 5.32 Å². The molecule has 2 rings (SSSR count). The molecule has 2 aliphatic rings. The highest BCUT2D eigenvalue weighted by Crippen LogP contribution is 2.47. The second-order valence-electron chi connectivity index (χ2n) is 6.50. The van der Waals surface area contributed by atoms with E-state index in [1.54, 1.807) is 0 Å². The maximum absolute atomic E-state index is 11.9. The Bertz CT molecular complexity index is 303. The molecule has 1 amide bonds. The van der Waals surface area contributed by atoms with E-state index in [1.807, 2.05) is 20.8 Å². The molecular formula is C13H24N2O2. The van der Waals surface area contributed by atoms with Crippen molar-refractivity contribution in [2.45, 2.75) is 70.1 Å². The Labute approximate surface area is 103 Å². The van der Waals surface area contributed by atoms with E-state index in [0.717, 1.165) is 19.3 Å². The standard InChI is InChI=1S/C13H24N2O2/c1-12(2,3)17-11(16)15-13(6-4-5-7-13)9-8-10(9)14/h9-10H,4-8,14H2,1-3H3,(H,15,16). The van der Waals surface area contributed by atoms with Crippen LogP contribution in [0.25, 0.3) is 0 Å². The fourth-order valence-electron chi connectivity index (χ4n) is 2.95. The molecule has 0 spiro atoms. The van der Waals surface area contributed by atoms with Crippen molar-refractivity contribution in [3.8, 4) is 0 Å². The number of hydrogen-bond acceptors (Lipinski definition) is 3. The summed E-state index contributed by atoms with van der Waals surface area (Å²) in [6.45, 7) is 5.66. The Balaban J connectivity index is 1.97. The van der Waals surface area contributed by atoms with Crippen LogP contribution in [0.3, 0.4) is 0 Å². The molecule has 4 heteroatoms. The minimum Gasteiger partial charge on any atom is -0.444 e. The Morgan fingerprint density at radius 1 is 1.35 bits per heavy atom. The lowest BCUT2D eigenvalue weighted by molar-refractivity contribution is 0.0440. The highest BCUT2D eigenvalue weighted by atomic mass is 16.6. The van der Waals surface area contributed by atoms with Crippen molar-refractivity contribution in [3.05, 3.63) is 0 Å². The molecule has 98 valence electrons. The summed E-state index contributed by atoms with van der Waals surface area (Å²) in [5.74, 6) is 0.456. The smallest absolute Gasteiger partial charge is 0.408 e. The van der Waals surface area contributed by atoms with Crippen molar-refractivity contribution in [3.63, 3.8) is 0 Å². The molecule has 2 atom stereocenters. The van der Waals surface area contributed by atoms with E-state index < -0.39 is 5.60 Å². The lowest BCUT2D eigenvalue weighted by Crippen LogP contribution is -2.51. The predicted molar refractivity (Wildman–Crippen MR) is 66.7 cm³/mol. The number of carbonyl (C=O) groups excluding carboxylic acids is 1. The van der Waals surface area contributed by atoms with Crippen LogP contribution in [-0.2, 0) is 4.74 Å². The minimum atomic E-state index is -0.435. The Morgan fingerprint density at radius 2 is 1.88 bits per heavy atom. The van der Waals surface area contributed by atoms with E-state index in [0.29, 0.717) is 5.92 Å². The molecule has 2 unspecified atom stereocenters. The van der Waals surface area contributed by atoms with Gasteiger partial charge in [-0.3, -0.25) is 0 Å². The molecule has 0 heterocycles. The van der Waals surface area contributed by atoms with Crippen molar-refractivity contribution < 1.29 is 9.53 Å². The molecule has 0 saturated heterocycles. The third kappa shape index (κ3) is 2.92. The number of hydrogen-bond donors (Lipinski definition) is 2. The van der Waals surface area contributed by atoms with E-state index in [-0.39, 0.29) is 17.7 Å². The van der Waals surface area contributed by atoms with Crippen molar-refractivity contribution >= 4 is 6.09 Å². The monoisotopic (exact) mass is 240 g/mol. The van der Waals surface area contributed by atoms with Gasteiger partial charge in [-0.2, -0.15) is 0 Å². The van der Waals surface area contributed by atoms with Gasteiger partial charge >= 0.3 is 6.09 Å². The van der Waals surface area contributed by atoms with Crippen LogP contribution in [0, 0.1) is 5.92 Å². The van der Waals surface area contributed by atoms with Crippen LogP contribution in [0.2, 0.25) is 0 Å². The maximum atomic E-state index is 11.9. The van der Waals surface area contributed by atoms with Crippen molar-refractivity contribution in [2.24, 2.45) is 11.7 Å². The zero-order valence-corrected chi connectivity index (χ0v) is 11.1. The molecule has 0 aromatic rings. The lowest BCUT2D eigenvalue weighted by atomic mass is 9.91. The quantitative estimate of drug-likeness (QED) is 0.777. The van der Waals surface area contributed by atoms with Gasteiger partial charge in [0.15, 0.2) is 0 Å². The molecule has 0 aliphatic heterocycles. The Kier molecular flexibility index (Phi) is 3.10. The van der Waals surface area contributed by atoms with Gasteiger partial charge in [-0.15, -0.1) is 0 Å². The molecule has 2 saturated carbocycles. The first-order chi connectivity index (χ1) is 7.82. The van der Waals surface area contributed by atoms with E-state index >= 15 is 0 Å². The molecule has 0 aromatic carbocycles. The second kappa shape index (κ2) is 4.16. The summed E-state index contributed by atoms with van der Waals surface area (Å²) in [4.78, 5) is 11.9. The van der Waals surface area contributed by atoms with Gasteiger partial charge in [-0.1, -0.05) is 12.8 Å². The summed E-state index contributed by atoms with van der Waals surface area (Å²) >= 11 is 0. The normalized spacial score (nSPS) is 31.1. The molecule has 2 aliphatic carbocycles. The van der Waals surface area contributed by atoms with Crippen LogP contribution >= 0.6 is 0 Å². The van der Waals surface area contributed by atoms with E-state index in [1.165, 1.54) is 12.8 Å². The summed E-state index contributed by atoms with van der Waals surface area (Å²) in [7, 11) is 0. The molecule has 3 N–H and O–H groups in total. The first-order valence-corrected chi connectivity index (χ1v) is 6.59. The van der Waals surface area contributed by atoms with E-state index in [9.17, 15) is 4.79 Å². The van der Waals surface area contributed by atoms with Crippen molar-refractivity contribution in [1.82, 2.24) is 5.32 Å². The van der Waals surface area contributed by atoms with Crippen molar-refractivity contribution in [1.29, 1.82) is 0 Å². The number of nitrogens with two attached hydrogens (primary N) is 1. The zero-order valence-electron chi connectivity index (χ0n) is 11.1. The Hall–Kier alpha value is -0.770. The largest absolute Gasteiger partial charge is 0.444 e. The minimum absolute atomic E-state index is 0.0816. The molecule has 4 nitrogen and oxygen atoms in total. The third-order valence-corrected chi connectivity index (χ3v) is 3.80. The third-order valence-electron chi connectivity index (χ3n) is 3.80. The number of ether oxygens (including phenoxy) is 1. The number of rotatable bonds is 2. The van der Waals surface area contributed by atoms with Crippen LogP contribution in [-0.4, -0.2) is 23.3 Å². The molecule has 0 radical (unpaired) electrons. The first-order valence-electron chi connectivity index (χ1n) is 6.59. The fourth-order valence-corrected chi connectivity index (χ4v) is 2.95. The van der Waals surface area contributed by atoms with Gasteiger partial charge in [-0.05, 0) is 46.0 Å². The molecular weight excluding hydrogens is 216 g/mol. The number of nitrogens with one attached hydrogen (secondary N) is 1. The van der Waals surface area contributed by atoms with Gasteiger partial charge in [0.1, 0.15) is 5.60 Å². The van der Waals surface area contributed by atoms with Crippen LogP contribution in [0.4, 0.5) is 4.79 Å². The van der Waals surface area contributed by atoms with Gasteiger partial charge in [0.05, 0.1) is 0 Å². The average Bonchev–Trinajstić information content (AvgIpc) is 2.72. The first kappa shape index (κ1) is 12.7. The molecule has 17 heavy (non-hydrogen) atoms. The molecule has 2 fully saturated rings. The summed E-state index contributed by atoms with van der Waals surface area (Å²) in [5.41, 5.74) is 5.43. The van der Waals surface area contributed by atoms with Gasteiger partial charge < -0.3 is 15.8 Å². The SMILES string of the molecule is CC(C)(C)OC(=O)NC1(C2CC2N)CCCC1. The van der Waals surface area contributed by atoms with Crippen molar-refractivity contribution in [2.75, 3.05) is 0 Å². The molecule has 0 bridgehead atoms. The van der Waals surface area contributed by atoms with Gasteiger partial charge in [0.2, 0.25) is 0 Å². The van der Waals surface area contributed by atoms with E-state index in [4.69, 9.17) is 10.5 Å². The second-order valence-corrected chi connectivity index (χ2v) is 6.50. The van der Waals surface area contributed by atoms with Crippen LogP contribution < -0.4 is 11.1 Å². The summed E-state index contributed by atoms with van der Waals surface area (Å²) < 4.78 is 5.35. The van der Waals surface area contributed by atoms with Crippen LogP contribution in [0.1, 0.15) is 52.9 Å². The predicted octanol–water partition coefficient (Wildman–Crippen LogP) is 2.17. The zero-order chi connectivity index (χ0) is 12.7. The maximum Gasteiger partial charge on any atom is 0.408 e. The lowest BCUT2D eigenvalue weighted by Gasteiger charge is -2.32. The van der Waals surface area contributed by atoms with Crippen LogP contribution in [0.5, 0.6) is 0 Å². The fraction of sp³-hybridized carbons (Fsp3) is 0.923. The number of carbonyl (C=O) groups is 1. The van der Waals surface area contributed by atoms with Gasteiger partial charge in [0.25, 0.3) is 0 Å². The average molecular weight is 240 g/mol. The number of alkyl carbamates (subject to hydrolysis) is 1. The molecule has 0 aromatic heterocycles. The topological polar surface area (TPSA) is 64.3 Å². The highest BCUT2D eigenvalue weighted by molar-refractivity contribution is 5.69. The van der Waals surface area contributed by atoms with Gasteiger partial charge in [0, 0.05) is 11.6 Å². The highest BCUT2D eigenvalue weighted by Gasteiger charge is 2.53. The summed E-state index contributed by atoms with van der Waals surface area (Å²) in [6.07, 6.45) is 5.20. The summed E-state index contributed by atoms with van der Waals surface area (Å²) in [5, 5.41) is 3.10.